The molecule has 0 fully saturated rings. The molecule has 2 nitrogen and oxygen atoms in total. The fraction of sp³-hybridized carbons (Fsp3) is 0.294. The summed E-state index contributed by atoms with van der Waals surface area (Å²) in [6.45, 7) is 2.44. The quantitative estimate of drug-likeness (QED) is 0.925. The highest BCUT2D eigenvalue weighted by Gasteiger charge is 2.19. The molecular formula is C17H18ClNO. The molecule has 0 radical (unpaired) electrons. The first-order valence-corrected chi connectivity index (χ1v) is 7.35. The lowest BCUT2D eigenvalue weighted by Gasteiger charge is -2.26. The lowest BCUT2D eigenvalue weighted by atomic mass is 9.97. The van der Waals surface area contributed by atoms with Crippen molar-refractivity contribution in [3.63, 3.8) is 0 Å². The number of nitrogens with one attached hydrogen (secondary N) is 1. The van der Waals surface area contributed by atoms with E-state index in [1.165, 1.54) is 16.7 Å². The molecule has 1 unspecified atom stereocenters. The van der Waals surface area contributed by atoms with E-state index in [1.54, 1.807) is 0 Å². The predicted molar refractivity (Wildman–Crippen MR) is 82.0 cm³/mol. The minimum atomic E-state index is 0.152. The van der Waals surface area contributed by atoms with Crippen molar-refractivity contribution in [1.82, 2.24) is 5.32 Å². The van der Waals surface area contributed by atoms with Gasteiger partial charge in [-0.05, 0) is 35.2 Å². The molecular weight excluding hydrogens is 270 g/mol. The van der Waals surface area contributed by atoms with Gasteiger partial charge in [0.15, 0.2) is 0 Å². The SMILES string of the molecule is Clc1cccc(CNCC2OCCc3ccccc32)c1. The Bertz CT molecular complexity index is 585. The number of hydrogen-bond donors (Lipinski definition) is 1. The molecule has 1 heterocycles. The van der Waals surface area contributed by atoms with Crippen LogP contribution in [0.3, 0.4) is 0 Å². The van der Waals surface area contributed by atoms with Crippen molar-refractivity contribution < 1.29 is 4.74 Å². The van der Waals surface area contributed by atoms with E-state index >= 15 is 0 Å². The van der Waals surface area contributed by atoms with Gasteiger partial charge in [0.25, 0.3) is 0 Å². The van der Waals surface area contributed by atoms with Gasteiger partial charge in [0.05, 0.1) is 12.7 Å². The Morgan fingerprint density at radius 1 is 1.15 bits per heavy atom. The number of ether oxygens (including phenoxy) is 1. The molecule has 2 aromatic rings. The van der Waals surface area contributed by atoms with Gasteiger partial charge in [-0.3, -0.25) is 0 Å². The van der Waals surface area contributed by atoms with E-state index in [2.05, 4.69) is 35.6 Å². The maximum atomic E-state index is 5.99. The standard InChI is InChI=1S/C17H18ClNO/c18-15-6-3-4-13(10-15)11-19-12-17-16-7-2-1-5-14(16)8-9-20-17/h1-7,10,17,19H,8-9,11-12H2. The average molecular weight is 288 g/mol. The van der Waals surface area contributed by atoms with Gasteiger partial charge in [-0.1, -0.05) is 48.0 Å². The minimum Gasteiger partial charge on any atom is -0.372 e. The first kappa shape index (κ1) is 13.6. The number of rotatable bonds is 4. The molecule has 1 aliphatic heterocycles. The fourth-order valence-corrected chi connectivity index (χ4v) is 2.85. The highest BCUT2D eigenvalue weighted by Crippen LogP contribution is 2.26. The summed E-state index contributed by atoms with van der Waals surface area (Å²) in [5.74, 6) is 0. The Morgan fingerprint density at radius 3 is 2.95 bits per heavy atom. The van der Waals surface area contributed by atoms with Gasteiger partial charge in [0.2, 0.25) is 0 Å². The number of fused-ring (bicyclic) bond motifs is 1. The molecule has 1 N–H and O–H groups in total. The van der Waals surface area contributed by atoms with Crippen LogP contribution in [0.25, 0.3) is 0 Å². The third kappa shape index (κ3) is 3.21. The number of halogens is 1. The van der Waals surface area contributed by atoms with E-state index in [-0.39, 0.29) is 6.10 Å². The topological polar surface area (TPSA) is 21.3 Å². The summed E-state index contributed by atoms with van der Waals surface area (Å²) in [5.41, 5.74) is 3.92. The Morgan fingerprint density at radius 2 is 2.05 bits per heavy atom. The zero-order valence-electron chi connectivity index (χ0n) is 11.3. The van der Waals surface area contributed by atoms with E-state index in [4.69, 9.17) is 16.3 Å². The lowest BCUT2D eigenvalue weighted by molar-refractivity contribution is 0.0423. The summed E-state index contributed by atoms with van der Waals surface area (Å²) in [4.78, 5) is 0. The number of hydrogen-bond acceptors (Lipinski definition) is 2. The highest BCUT2D eigenvalue weighted by atomic mass is 35.5. The second-order valence-corrected chi connectivity index (χ2v) is 5.51. The van der Waals surface area contributed by atoms with Crippen molar-refractivity contribution in [2.45, 2.75) is 19.1 Å². The average Bonchev–Trinajstić information content (AvgIpc) is 2.48. The first-order chi connectivity index (χ1) is 9.83. The van der Waals surface area contributed by atoms with Crippen LogP contribution in [0.15, 0.2) is 48.5 Å². The van der Waals surface area contributed by atoms with E-state index in [0.717, 1.165) is 31.1 Å². The van der Waals surface area contributed by atoms with Crippen LogP contribution in [-0.4, -0.2) is 13.2 Å². The van der Waals surface area contributed by atoms with Gasteiger partial charge in [-0.2, -0.15) is 0 Å². The molecule has 0 saturated heterocycles. The van der Waals surface area contributed by atoms with Crippen LogP contribution >= 0.6 is 11.6 Å². The fourth-order valence-electron chi connectivity index (χ4n) is 2.64. The lowest BCUT2D eigenvalue weighted by Crippen LogP contribution is -2.27. The molecule has 1 atom stereocenters. The molecule has 2 aromatic carbocycles. The van der Waals surface area contributed by atoms with Gasteiger partial charge < -0.3 is 10.1 Å². The summed E-state index contributed by atoms with van der Waals surface area (Å²) in [6, 6.07) is 16.5. The molecule has 0 saturated carbocycles. The van der Waals surface area contributed by atoms with Crippen LogP contribution in [-0.2, 0) is 17.7 Å². The van der Waals surface area contributed by atoms with E-state index in [9.17, 15) is 0 Å². The van der Waals surface area contributed by atoms with Crippen LogP contribution in [0.5, 0.6) is 0 Å². The Balaban J connectivity index is 1.60. The van der Waals surface area contributed by atoms with E-state index in [1.807, 2.05) is 18.2 Å². The van der Waals surface area contributed by atoms with E-state index < -0.39 is 0 Å². The first-order valence-electron chi connectivity index (χ1n) is 6.97. The van der Waals surface area contributed by atoms with Crippen molar-refractivity contribution in [3.8, 4) is 0 Å². The zero-order valence-corrected chi connectivity index (χ0v) is 12.1. The molecule has 0 spiro atoms. The van der Waals surface area contributed by atoms with Gasteiger partial charge in [-0.15, -0.1) is 0 Å². The summed E-state index contributed by atoms with van der Waals surface area (Å²) in [7, 11) is 0. The Labute approximate surface area is 124 Å². The Kier molecular flexibility index (Phi) is 4.36. The van der Waals surface area contributed by atoms with Crippen molar-refractivity contribution >= 4 is 11.6 Å². The molecule has 0 bridgehead atoms. The second-order valence-electron chi connectivity index (χ2n) is 5.07. The summed E-state index contributed by atoms with van der Waals surface area (Å²) < 4.78 is 5.88. The minimum absolute atomic E-state index is 0.152. The van der Waals surface area contributed by atoms with Crippen LogP contribution in [0.4, 0.5) is 0 Å². The summed E-state index contributed by atoms with van der Waals surface area (Å²) in [5, 5.41) is 4.24. The van der Waals surface area contributed by atoms with Crippen molar-refractivity contribution in [2.24, 2.45) is 0 Å². The van der Waals surface area contributed by atoms with Gasteiger partial charge in [0.1, 0.15) is 0 Å². The van der Waals surface area contributed by atoms with Crippen molar-refractivity contribution in [3.05, 3.63) is 70.2 Å². The second kappa shape index (κ2) is 6.40. The highest BCUT2D eigenvalue weighted by molar-refractivity contribution is 6.30. The van der Waals surface area contributed by atoms with E-state index in [0.29, 0.717) is 0 Å². The largest absolute Gasteiger partial charge is 0.372 e. The molecule has 20 heavy (non-hydrogen) atoms. The molecule has 0 aliphatic carbocycles. The monoisotopic (exact) mass is 287 g/mol. The van der Waals surface area contributed by atoms with Crippen molar-refractivity contribution in [2.75, 3.05) is 13.2 Å². The summed E-state index contributed by atoms with van der Waals surface area (Å²) >= 11 is 5.99. The zero-order chi connectivity index (χ0) is 13.8. The predicted octanol–water partition coefficient (Wildman–Crippen LogP) is 3.74. The summed E-state index contributed by atoms with van der Waals surface area (Å²) in [6.07, 6.45) is 1.17. The Hall–Kier alpha value is -1.35. The molecule has 1 aliphatic rings. The van der Waals surface area contributed by atoms with Gasteiger partial charge >= 0.3 is 0 Å². The smallest absolute Gasteiger partial charge is 0.0952 e. The van der Waals surface area contributed by atoms with Crippen LogP contribution < -0.4 is 5.32 Å². The molecule has 3 heteroatoms. The maximum Gasteiger partial charge on any atom is 0.0952 e. The van der Waals surface area contributed by atoms with Gasteiger partial charge in [0, 0.05) is 18.1 Å². The third-order valence-electron chi connectivity index (χ3n) is 3.64. The molecule has 104 valence electrons. The molecule has 3 rings (SSSR count). The molecule has 0 amide bonds. The van der Waals surface area contributed by atoms with Crippen LogP contribution in [0.1, 0.15) is 22.8 Å². The number of benzene rings is 2. The van der Waals surface area contributed by atoms with Gasteiger partial charge in [-0.25, -0.2) is 0 Å². The maximum absolute atomic E-state index is 5.99. The molecule has 0 aromatic heterocycles. The van der Waals surface area contributed by atoms with Crippen LogP contribution in [0, 0.1) is 0 Å². The van der Waals surface area contributed by atoms with Crippen LogP contribution in [0.2, 0.25) is 5.02 Å². The normalized spacial score (nSPS) is 17.8. The van der Waals surface area contributed by atoms with Crippen molar-refractivity contribution in [1.29, 1.82) is 0 Å². The third-order valence-corrected chi connectivity index (χ3v) is 3.88.